The van der Waals surface area contributed by atoms with E-state index in [1.165, 1.54) is 24.3 Å². The first-order valence-corrected chi connectivity index (χ1v) is 4.83. The van der Waals surface area contributed by atoms with E-state index < -0.39 is 11.8 Å². The van der Waals surface area contributed by atoms with Crippen LogP contribution < -0.4 is 4.74 Å². The lowest BCUT2D eigenvalue weighted by atomic mass is 10.2. The first-order chi connectivity index (χ1) is 8.06. The summed E-state index contributed by atoms with van der Waals surface area (Å²) in [5.41, 5.74) is 0.825. The van der Waals surface area contributed by atoms with Crippen molar-refractivity contribution in [2.75, 3.05) is 0 Å². The van der Waals surface area contributed by atoms with Crippen LogP contribution in [0.25, 0.3) is 0 Å². The number of carbonyl (C=O) groups is 1. The van der Waals surface area contributed by atoms with E-state index in [0.717, 1.165) is 5.56 Å². The minimum absolute atomic E-state index is 0.00344. The highest BCUT2D eigenvalue weighted by atomic mass is 19.1. The second-order valence-electron chi connectivity index (χ2n) is 3.46. The number of carboxylic acid groups (broad SMARTS) is 1. The molecule has 0 bridgehead atoms. The highest BCUT2D eigenvalue weighted by molar-refractivity contribution is 5.84. The van der Waals surface area contributed by atoms with Gasteiger partial charge in [-0.3, -0.25) is 0 Å². The van der Waals surface area contributed by atoms with Crippen LogP contribution in [0.4, 0.5) is 4.39 Å². The van der Waals surface area contributed by atoms with E-state index in [4.69, 9.17) is 14.3 Å². The van der Waals surface area contributed by atoms with E-state index in [2.05, 4.69) is 0 Å². The summed E-state index contributed by atoms with van der Waals surface area (Å²) in [5.74, 6) is -2.07. The lowest BCUT2D eigenvalue weighted by Gasteiger charge is -2.04. The Hall–Kier alpha value is -2.30. The van der Waals surface area contributed by atoms with Crippen LogP contribution in [0, 0.1) is 12.7 Å². The molecule has 1 aromatic carbocycles. The number of hydrogen-bond acceptors (Lipinski definition) is 3. The Morgan fingerprint density at radius 3 is 2.76 bits per heavy atom. The molecule has 1 N–H and O–H groups in total. The first-order valence-electron chi connectivity index (χ1n) is 4.83. The van der Waals surface area contributed by atoms with Crippen molar-refractivity contribution in [1.82, 2.24) is 0 Å². The topological polar surface area (TPSA) is 59.7 Å². The summed E-state index contributed by atoms with van der Waals surface area (Å²) >= 11 is 0. The van der Waals surface area contributed by atoms with Crippen molar-refractivity contribution in [2.24, 2.45) is 0 Å². The monoisotopic (exact) mass is 236 g/mol. The van der Waals surface area contributed by atoms with Gasteiger partial charge in [-0.05, 0) is 30.7 Å². The molecule has 0 aliphatic rings. The number of benzene rings is 1. The molecule has 4 nitrogen and oxygen atoms in total. The normalized spacial score (nSPS) is 10.2. The van der Waals surface area contributed by atoms with Crippen molar-refractivity contribution in [3.63, 3.8) is 0 Å². The van der Waals surface area contributed by atoms with Crippen LogP contribution in [-0.4, -0.2) is 11.1 Å². The van der Waals surface area contributed by atoms with Gasteiger partial charge < -0.3 is 14.3 Å². The van der Waals surface area contributed by atoms with Crippen molar-refractivity contribution in [3.05, 3.63) is 47.5 Å². The Bertz CT molecular complexity index is 559. The lowest BCUT2D eigenvalue weighted by molar-refractivity contribution is 0.0657. The third-order valence-electron chi connectivity index (χ3n) is 2.09. The van der Waals surface area contributed by atoms with Crippen molar-refractivity contribution >= 4 is 5.97 Å². The highest BCUT2D eigenvalue weighted by Crippen LogP contribution is 2.26. The van der Waals surface area contributed by atoms with Crippen molar-refractivity contribution < 1.29 is 23.4 Å². The molecular weight excluding hydrogens is 227 g/mol. The molecule has 1 aromatic heterocycles. The summed E-state index contributed by atoms with van der Waals surface area (Å²) < 4.78 is 23.3. The van der Waals surface area contributed by atoms with Gasteiger partial charge in [-0.2, -0.15) is 0 Å². The summed E-state index contributed by atoms with van der Waals surface area (Å²) in [6.07, 6.45) is 0. The number of aryl methyl sites for hydroxylation is 1. The molecule has 0 aliphatic carbocycles. The minimum Gasteiger partial charge on any atom is -0.475 e. The van der Waals surface area contributed by atoms with E-state index in [1.807, 2.05) is 0 Å². The van der Waals surface area contributed by atoms with Gasteiger partial charge in [0.05, 0.1) is 0 Å². The van der Waals surface area contributed by atoms with Crippen LogP contribution in [0.2, 0.25) is 0 Å². The van der Waals surface area contributed by atoms with Gasteiger partial charge in [0.25, 0.3) is 5.95 Å². The Morgan fingerprint density at radius 2 is 2.12 bits per heavy atom. The van der Waals surface area contributed by atoms with E-state index in [9.17, 15) is 9.18 Å². The number of furan rings is 1. The molecule has 0 atom stereocenters. The molecule has 2 rings (SSSR count). The molecule has 1 heterocycles. The number of aromatic carboxylic acids is 1. The molecule has 0 saturated carbocycles. The zero-order valence-corrected chi connectivity index (χ0v) is 8.94. The zero-order chi connectivity index (χ0) is 12.4. The molecule has 0 radical (unpaired) electrons. The number of halogens is 1. The maximum Gasteiger partial charge on any atom is 0.371 e. The predicted molar refractivity (Wildman–Crippen MR) is 56.9 cm³/mol. The summed E-state index contributed by atoms with van der Waals surface area (Å²) in [6, 6.07) is 6.94. The third kappa shape index (κ3) is 2.44. The van der Waals surface area contributed by atoms with E-state index >= 15 is 0 Å². The molecule has 0 spiro atoms. The van der Waals surface area contributed by atoms with Gasteiger partial charge >= 0.3 is 5.97 Å². The smallest absolute Gasteiger partial charge is 0.371 e. The van der Waals surface area contributed by atoms with Gasteiger partial charge in [0.1, 0.15) is 0 Å². The van der Waals surface area contributed by atoms with Gasteiger partial charge in [0, 0.05) is 6.07 Å². The fraction of sp³-hybridized carbons (Fsp3) is 0.0833. The number of carboxylic acids is 1. The molecule has 0 saturated heterocycles. The fourth-order valence-corrected chi connectivity index (χ4v) is 1.29. The predicted octanol–water partition coefficient (Wildman–Crippen LogP) is 3.22. The summed E-state index contributed by atoms with van der Waals surface area (Å²) in [5, 5.41) is 8.64. The zero-order valence-electron chi connectivity index (χ0n) is 8.94. The molecule has 17 heavy (non-hydrogen) atoms. The molecule has 0 aliphatic heterocycles. The van der Waals surface area contributed by atoms with Gasteiger partial charge in [-0.1, -0.05) is 6.07 Å². The van der Waals surface area contributed by atoms with Crippen molar-refractivity contribution in [1.29, 1.82) is 0 Å². The third-order valence-corrected chi connectivity index (χ3v) is 2.09. The molecule has 88 valence electrons. The largest absolute Gasteiger partial charge is 0.475 e. The number of hydrogen-bond donors (Lipinski definition) is 1. The van der Waals surface area contributed by atoms with Crippen LogP contribution >= 0.6 is 0 Å². The molecule has 2 aromatic rings. The average Bonchev–Trinajstić information content (AvgIpc) is 2.72. The molecule has 0 amide bonds. The van der Waals surface area contributed by atoms with Gasteiger partial charge in [0.15, 0.2) is 11.6 Å². The van der Waals surface area contributed by atoms with Crippen LogP contribution in [0.3, 0.4) is 0 Å². The highest BCUT2D eigenvalue weighted by Gasteiger charge is 2.12. The van der Waals surface area contributed by atoms with Gasteiger partial charge in [0.2, 0.25) is 5.76 Å². The Morgan fingerprint density at radius 1 is 1.35 bits per heavy atom. The first kappa shape index (κ1) is 11.2. The lowest BCUT2D eigenvalue weighted by Crippen LogP contribution is -1.92. The second kappa shape index (κ2) is 4.29. The molecule has 5 heteroatoms. The summed E-state index contributed by atoms with van der Waals surface area (Å²) in [4.78, 5) is 10.6. The number of rotatable bonds is 3. The molecule has 0 fully saturated rings. The maximum atomic E-state index is 13.3. The Kier molecular flexibility index (Phi) is 2.82. The van der Waals surface area contributed by atoms with E-state index in [-0.39, 0.29) is 17.5 Å². The van der Waals surface area contributed by atoms with Gasteiger partial charge in [-0.25, -0.2) is 9.18 Å². The fourth-order valence-electron chi connectivity index (χ4n) is 1.29. The standard InChI is InChI=1S/C12H9FO4/c1-7-2-3-8(13)10(6-7)17-11-5-4-9(16-11)12(14)15/h2-6H,1H3,(H,14,15). The average molecular weight is 236 g/mol. The van der Waals surface area contributed by atoms with E-state index in [0.29, 0.717) is 0 Å². The van der Waals surface area contributed by atoms with Crippen LogP contribution in [-0.2, 0) is 0 Å². The Labute approximate surface area is 96.2 Å². The SMILES string of the molecule is Cc1ccc(F)c(Oc2ccc(C(=O)O)o2)c1. The van der Waals surface area contributed by atoms with Crippen molar-refractivity contribution in [2.45, 2.75) is 6.92 Å². The summed E-state index contributed by atoms with van der Waals surface area (Å²) in [7, 11) is 0. The molecule has 0 unspecified atom stereocenters. The second-order valence-corrected chi connectivity index (χ2v) is 3.46. The quantitative estimate of drug-likeness (QED) is 0.888. The van der Waals surface area contributed by atoms with Crippen LogP contribution in [0.15, 0.2) is 34.7 Å². The summed E-state index contributed by atoms with van der Waals surface area (Å²) in [6.45, 7) is 1.79. The molecular formula is C12H9FO4. The van der Waals surface area contributed by atoms with Crippen molar-refractivity contribution in [3.8, 4) is 11.7 Å². The van der Waals surface area contributed by atoms with Crippen LogP contribution in [0.5, 0.6) is 11.7 Å². The van der Waals surface area contributed by atoms with Crippen LogP contribution in [0.1, 0.15) is 16.1 Å². The Balaban J connectivity index is 2.25. The minimum atomic E-state index is -1.20. The van der Waals surface area contributed by atoms with Gasteiger partial charge in [-0.15, -0.1) is 0 Å². The van der Waals surface area contributed by atoms with E-state index in [1.54, 1.807) is 13.0 Å². The maximum absolute atomic E-state index is 13.3. The number of ether oxygens (including phenoxy) is 1.